The van der Waals surface area contributed by atoms with Crippen molar-refractivity contribution in [3.63, 3.8) is 0 Å². The highest BCUT2D eigenvalue weighted by atomic mass is 79.9. The maximum absolute atomic E-state index is 10.0. The van der Waals surface area contributed by atoms with E-state index in [1.54, 1.807) is 11.3 Å². The van der Waals surface area contributed by atoms with Crippen molar-refractivity contribution in [3.05, 3.63) is 20.8 Å². The molecule has 0 saturated heterocycles. The molecule has 1 N–H and O–H groups in total. The first-order chi connectivity index (χ1) is 8.17. The summed E-state index contributed by atoms with van der Waals surface area (Å²) in [6.45, 7) is 2.85. The third-order valence-corrected chi connectivity index (χ3v) is 4.91. The highest BCUT2D eigenvalue weighted by molar-refractivity contribution is 9.11. The number of thiophene rings is 1. The maximum Gasteiger partial charge on any atom is 0.0701 e. The average molecular weight is 319 g/mol. The van der Waals surface area contributed by atoms with E-state index in [-0.39, 0.29) is 6.10 Å². The first kappa shape index (κ1) is 13.5. The van der Waals surface area contributed by atoms with Crippen LogP contribution in [0.15, 0.2) is 15.9 Å². The molecule has 17 heavy (non-hydrogen) atoms. The van der Waals surface area contributed by atoms with E-state index in [4.69, 9.17) is 4.74 Å². The number of aliphatic hydroxyl groups is 1. The number of rotatable bonds is 6. The summed E-state index contributed by atoms with van der Waals surface area (Å²) in [5, 5.41) is 10.0. The van der Waals surface area contributed by atoms with E-state index in [1.807, 2.05) is 13.0 Å². The first-order valence-electron chi connectivity index (χ1n) is 6.21. The van der Waals surface area contributed by atoms with Crippen molar-refractivity contribution in [2.75, 3.05) is 6.61 Å². The fourth-order valence-electron chi connectivity index (χ4n) is 2.40. The van der Waals surface area contributed by atoms with Gasteiger partial charge in [0, 0.05) is 17.9 Å². The van der Waals surface area contributed by atoms with Gasteiger partial charge in [-0.2, -0.15) is 0 Å². The normalized spacial score (nSPS) is 25.6. The third-order valence-electron chi connectivity index (χ3n) is 3.27. The second kappa shape index (κ2) is 6.32. The predicted molar refractivity (Wildman–Crippen MR) is 74.5 cm³/mol. The van der Waals surface area contributed by atoms with Crippen molar-refractivity contribution in [3.8, 4) is 0 Å². The molecule has 1 heterocycles. The van der Waals surface area contributed by atoms with Gasteiger partial charge in [0.2, 0.25) is 0 Å². The van der Waals surface area contributed by atoms with Crippen molar-refractivity contribution in [2.24, 2.45) is 5.92 Å². The van der Waals surface area contributed by atoms with E-state index < -0.39 is 0 Å². The lowest BCUT2D eigenvalue weighted by atomic mass is 9.78. The molecule has 1 atom stereocenters. The zero-order valence-corrected chi connectivity index (χ0v) is 12.5. The van der Waals surface area contributed by atoms with Crippen LogP contribution >= 0.6 is 27.3 Å². The average Bonchev–Trinajstić information content (AvgIpc) is 2.61. The molecule has 96 valence electrons. The minimum Gasteiger partial charge on any atom is -0.393 e. The molecule has 1 aromatic rings. The summed E-state index contributed by atoms with van der Waals surface area (Å²) in [7, 11) is 0. The predicted octanol–water partition coefficient (Wildman–Crippen LogP) is 3.62. The number of aliphatic hydroxyl groups excluding tert-OH is 1. The van der Waals surface area contributed by atoms with Gasteiger partial charge in [-0.15, -0.1) is 11.3 Å². The molecule has 1 fully saturated rings. The lowest BCUT2D eigenvalue weighted by Crippen LogP contribution is -2.34. The zero-order valence-electron chi connectivity index (χ0n) is 10.1. The summed E-state index contributed by atoms with van der Waals surface area (Å²) in [6, 6.07) is 4.13. The number of halogens is 1. The quantitative estimate of drug-likeness (QED) is 0.868. The molecule has 0 radical (unpaired) electrons. The zero-order chi connectivity index (χ0) is 12.3. The number of ether oxygens (including phenoxy) is 1. The number of hydrogen-bond acceptors (Lipinski definition) is 3. The Morgan fingerprint density at radius 3 is 2.88 bits per heavy atom. The van der Waals surface area contributed by atoms with Gasteiger partial charge in [0.05, 0.1) is 16.0 Å². The van der Waals surface area contributed by atoms with Gasteiger partial charge < -0.3 is 9.84 Å². The summed E-state index contributed by atoms with van der Waals surface area (Å²) in [4.78, 5) is 1.25. The second-order valence-electron chi connectivity index (χ2n) is 4.71. The van der Waals surface area contributed by atoms with Gasteiger partial charge in [-0.05, 0) is 60.2 Å². The van der Waals surface area contributed by atoms with Crippen LogP contribution in [0.2, 0.25) is 0 Å². The van der Waals surface area contributed by atoms with Gasteiger partial charge in [-0.25, -0.2) is 0 Å². The Morgan fingerprint density at radius 2 is 2.29 bits per heavy atom. The van der Waals surface area contributed by atoms with Crippen LogP contribution in [0.1, 0.15) is 31.1 Å². The van der Waals surface area contributed by atoms with Crippen LogP contribution in [0.5, 0.6) is 0 Å². The topological polar surface area (TPSA) is 29.5 Å². The minimum atomic E-state index is -0.201. The standard InChI is InChI=1S/C13H19BrO2S/c1-2-16-11-6-9(7-11)5-10(15)8-12-3-4-13(14)17-12/h3-4,9-11,15H,2,5-8H2,1H3. The molecule has 2 rings (SSSR count). The molecule has 1 aromatic heterocycles. The Labute approximate surface area is 115 Å². The molecule has 0 amide bonds. The molecular formula is C13H19BrO2S. The third kappa shape index (κ3) is 4.05. The SMILES string of the molecule is CCOC1CC(CC(O)Cc2ccc(Br)s2)C1. The van der Waals surface area contributed by atoms with E-state index >= 15 is 0 Å². The first-order valence-corrected chi connectivity index (χ1v) is 7.82. The van der Waals surface area contributed by atoms with Crippen LogP contribution in [-0.4, -0.2) is 23.9 Å². The summed E-state index contributed by atoms with van der Waals surface area (Å²) < 4.78 is 6.66. The Bertz CT molecular complexity index is 347. The highest BCUT2D eigenvalue weighted by Gasteiger charge is 2.30. The molecule has 1 saturated carbocycles. The summed E-state index contributed by atoms with van der Waals surface area (Å²) in [5.74, 6) is 0.657. The molecule has 0 aliphatic heterocycles. The minimum absolute atomic E-state index is 0.201. The van der Waals surface area contributed by atoms with E-state index in [9.17, 15) is 5.11 Å². The Kier molecular flexibility index (Phi) is 5.03. The summed E-state index contributed by atoms with van der Waals surface area (Å²) in [6.07, 6.45) is 4.20. The van der Waals surface area contributed by atoms with E-state index in [0.29, 0.717) is 12.0 Å². The van der Waals surface area contributed by atoms with Gasteiger partial charge >= 0.3 is 0 Å². The van der Waals surface area contributed by atoms with Crippen LogP contribution in [0, 0.1) is 5.92 Å². The highest BCUT2D eigenvalue weighted by Crippen LogP contribution is 2.34. The van der Waals surface area contributed by atoms with Crippen molar-refractivity contribution in [1.29, 1.82) is 0 Å². The molecule has 4 heteroatoms. The number of hydrogen-bond donors (Lipinski definition) is 1. The molecule has 1 unspecified atom stereocenters. The molecule has 1 aliphatic carbocycles. The van der Waals surface area contributed by atoms with Gasteiger partial charge in [0.1, 0.15) is 0 Å². The van der Waals surface area contributed by atoms with E-state index in [0.717, 1.165) is 36.1 Å². The molecule has 0 bridgehead atoms. The molecule has 0 spiro atoms. The lowest BCUT2D eigenvalue weighted by molar-refractivity contribution is -0.0375. The Morgan fingerprint density at radius 1 is 1.53 bits per heavy atom. The van der Waals surface area contributed by atoms with Gasteiger partial charge in [0.25, 0.3) is 0 Å². The molecular weight excluding hydrogens is 300 g/mol. The Balaban J connectivity index is 1.67. The molecule has 1 aliphatic rings. The van der Waals surface area contributed by atoms with E-state index in [1.165, 1.54) is 4.88 Å². The lowest BCUT2D eigenvalue weighted by Gasteiger charge is -2.36. The summed E-state index contributed by atoms with van der Waals surface area (Å²) >= 11 is 5.15. The van der Waals surface area contributed by atoms with Crippen molar-refractivity contribution in [2.45, 2.75) is 44.8 Å². The van der Waals surface area contributed by atoms with Gasteiger partial charge in [-0.1, -0.05) is 0 Å². The maximum atomic E-state index is 10.0. The monoisotopic (exact) mass is 318 g/mol. The van der Waals surface area contributed by atoms with Crippen molar-refractivity contribution in [1.82, 2.24) is 0 Å². The van der Waals surface area contributed by atoms with Crippen LogP contribution in [0.3, 0.4) is 0 Å². The Hall–Kier alpha value is 0.1000. The van der Waals surface area contributed by atoms with Crippen LogP contribution in [0.25, 0.3) is 0 Å². The van der Waals surface area contributed by atoms with E-state index in [2.05, 4.69) is 22.0 Å². The second-order valence-corrected chi connectivity index (χ2v) is 7.26. The summed E-state index contributed by atoms with van der Waals surface area (Å²) in [5.41, 5.74) is 0. The van der Waals surface area contributed by atoms with Crippen LogP contribution in [0.4, 0.5) is 0 Å². The van der Waals surface area contributed by atoms with Gasteiger partial charge in [-0.3, -0.25) is 0 Å². The molecule has 2 nitrogen and oxygen atoms in total. The fourth-order valence-corrected chi connectivity index (χ4v) is 3.95. The van der Waals surface area contributed by atoms with Crippen LogP contribution in [-0.2, 0) is 11.2 Å². The van der Waals surface area contributed by atoms with Crippen LogP contribution < -0.4 is 0 Å². The van der Waals surface area contributed by atoms with Crippen molar-refractivity contribution < 1.29 is 9.84 Å². The van der Waals surface area contributed by atoms with Crippen molar-refractivity contribution >= 4 is 27.3 Å². The van der Waals surface area contributed by atoms with Gasteiger partial charge in [0.15, 0.2) is 0 Å². The smallest absolute Gasteiger partial charge is 0.0701 e. The largest absolute Gasteiger partial charge is 0.393 e. The fraction of sp³-hybridized carbons (Fsp3) is 0.692. The molecule has 0 aromatic carbocycles.